The molecule has 0 saturated heterocycles. The minimum Gasteiger partial charge on any atom is -0.465 e. The molecule has 1 aromatic heterocycles. The Morgan fingerprint density at radius 3 is 2.41 bits per heavy atom. The quantitative estimate of drug-likeness (QED) is 0.653. The van der Waals surface area contributed by atoms with Crippen molar-refractivity contribution in [2.75, 3.05) is 30.0 Å². The molecule has 2 rings (SSSR count). The molecule has 0 aromatic carbocycles. The van der Waals surface area contributed by atoms with Crippen LogP contribution in [0.5, 0.6) is 0 Å². The number of fused-ring (bicyclic) bond motifs is 1. The Labute approximate surface area is 168 Å². The van der Waals surface area contributed by atoms with E-state index in [0.29, 0.717) is 23.8 Å². The van der Waals surface area contributed by atoms with Gasteiger partial charge in [0.25, 0.3) is 0 Å². The van der Waals surface area contributed by atoms with Gasteiger partial charge in [0.05, 0.1) is 30.3 Å². The molecule has 0 fully saturated rings. The van der Waals surface area contributed by atoms with E-state index >= 15 is 0 Å². The van der Waals surface area contributed by atoms with Crippen molar-refractivity contribution in [2.24, 2.45) is 0 Å². The van der Waals surface area contributed by atoms with Crippen LogP contribution in [0.1, 0.15) is 60.3 Å². The second-order valence-electron chi connectivity index (χ2n) is 6.19. The molecule has 0 spiro atoms. The molecule has 1 aliphatic rings. The van der Waals surface area contributed by atoms with Crippen molar-refractivity contribution in [3.8, 4) is 0 Å². The number of ether oxygens (including phenoxy) is 2. The molecule has 150 valence electrons. The lowest BCUT2D eigenvalue weighted by Gasteiger charge is -2.11. The molecule has 0 bridgehead atoms. The minimum absolute atomic E-state index is 0.129. The molecule has 0 atom stereocenters. The van der Waals surface area contributed by atoms with Crippen LogP contribution in [-0.4, -0.2) is 42.6 Å². The van der Waals surface area contributed by atoms with E-state index in [4.69, 9.17) is 9.47 Å². The molecule has 1 aliphatic carbocycles. The van der Waals surface area contributed by atoms with E-state index in [1.165, 1.54) is 34.4 Å². The first-order valence-corrected chi connectivity index (χ1v) is 11.4. The van der Waals surface area contributed by atoms with Crippen LogP contribution in [0.15, 0.2) is 0 Å². The maximum Gasteiger partial charge on any atom is 0.341 e. The number of nitrogens with one attached hydrogen (secondary N) is 1. The summed E-state index contributed by atoms with van der Waals surface area (Å²) < 4.78 is 10.1. The van der Waals surface area contributed by atoms with Gasteiger partial charge in [-0.1, -0.05) is 12.8 Å². The van der Waals surface area contributed by atoms with Gasteiger partial charge in [0.15, 0.2) is 0 Å². The zero-order valence-corrected chi connectivity index (χ0v) is 17.6. The summed E-state index contributed by atoms with van der Waals surface area (Å²) >= 11 is 2.68. The molecule has 0 radical (unpaired) electrons. The number of rotatable bonds is 8. The molecule has 0 unspecified atom stereocenters. The summed E-state index contributed by atoms with van der Waals surface area (Å²) in [5.74, 6) is -0.674. The van der Waals surface area contributed by atoms with Crippen LogP contribution in [0.2, 0.25) is 0 Å². The maximum atomic E-state index is 12.5. The van der Waals surface area contributed by atoms with E-state index in [-0.39, 0.29) is 29.4 Å². The summed E-state index contributed by atoms with van der Waals surface area (Å²) in [7, 11) is 0. The van der Waals surface area contributed by atoms with Crippen molar-refractivity contribution < 1.29 is 23.9 Å². The van der Waals surface area contributed by atoms with E-state index in [1.54, 1.807) is 13.8 Å². The summed E-state index contributed by atoms with van der Waals surface area (Å²) in [6, 6.07) is 0. The Balaban J connectivity index is 2.09. The third-order valence-corrected chi connectivity index (χ3v) is 6.28. The Bertz CT molecular complexity index is 671. The average molecular weight is 414 g/mol. The van der Waals surface area contributed by atoms with Crippen LogP contribution in [0.3, 0.4) is 0 Å². The van der Waals surface area contributed by atoms with Crippen LogP contribution in [0.25, 0.3) is 0 Å². The largest absolute Gasteiger partial charge is 0.465 e. The fraction of sp³-hybridized carbons (Fsp3) is 0.632. The number of esters is 2. The molecule has 0 aliphatic heterocycles. The number of hydrogen-bond acceptors (Lipinski definition) is 7. The predicted molar refractivity (Wildman–Crippen MR) is 109 cm³/mol. The Morgan fingerprint density at radius 1 is 1.00 bits per heavy atom. The lowest BCUT2D eigenvalue weighted by atomic mass is 9.96. The van der Waals surface area contributed by atoms with Crippen molar-refractivity contribution in [3.05, 3.63) is 16.0 Å². The molecule has 0 saturated carbocycles. The minimum atomic E-state index is -0.370. The van der Waals surface area contributed by atoms with Gasteiger partial charge in [0.1, 0.15) is 5.00 Å². The Morgan fingerprint density at radius 2 is 1.70 bits per heavy atom. The molecular formula is C19H27NO5S2. The Hall–Kier alpha value is -1.54. The van der Waals surface area contributed by atoms with Crippen LogP contribution in [-0.2, 0) is 31.9 Å². The SMILES string of the molecule is CCOC(=O)CSCC(=O)Nc1sc2c(c1C(=O)OCC)CCCCCC2. The first-order valence-electron chi connectivity index (χ1n) is 9.41. The van der Waals surface area contributed by atoms with E-state index < -0.39 is 0 Å². The fourth-order valence-electron chi connectivity index (χ4n) is 3.02. The number of anilines is 1. The molecular weight excluding hydrogens is 386 g/mol. The van der Waals surface area contributed by atoms with E-state index in [9.17, 15) is 14.4 Å². The topological polar surface area (TPSA) is 81.7 Å². The van der Waals surface area contributed by atoms with Crippen molar-refractivity contribution in [1.82, 2.24) is 0 Å². The van der Waals surface area contributed by atoms with Gasteiger partial charge < -0.3 is 14.8 Å². The van der Waals surface area contributed by atoms with E-state index in [2.05, 4.69) is 5.32 Å². The highest BCUT2D eigenvalue weighted by atomic mass is 32.2. The number of hydrogen-bond donors (Lipinski definition) is 1. The lowest BCUT2D eigenvalue weighted by molar-refractivity contribution is -0.139. The van der Waals surface area contributed by atoms with Gasteiger partial charge in [-0.05, 0) is 45.1 Å². The molecule has 1 aromatic rings. The number of thiophene rings is 1. The first kappa shape index (κ1) is 21.8. The molecule has 1 N–H and O–H groups in total. The van der Waals surface area contributed by atoms with Gasteiger partial charge in [0, 0.05) is 4.88 Å². The fourth-order valence-corrected chi connectivity index (χ4v) is 4.92. The summed E-state index contributed by atoms with van der Waals surface area (Å²) in [4.78, 5) is 37.4. The maximum absolute atomic E-state index is 12.5. The number of amides is 1. The highest BCUT2D eigenvalue weighted by Gasteiger charge is 2.26. The van der Waals surface area contributed by atoms with E-state index in [0.717, 1.165) is 37.7 Å². The van der Waals surface area contributed by atoms with E-state index in [1.807, 2.05) is 0 Å². The van der Waals surface area contributed by atoms with Gasteiger partial charge in [-0.2, -0.15) is 0 Å². The molecule has 1 heterocycles. The number of carbonyl (C=O) groups excluding carboxylic acids is 3. The zero-order valence-electron chi connectivity index (χ0n) is 15.9. The summed E-state index contributed by atoms with van der Waals surface area (Å²) in [6.45, 7) is 4.15. The van der Waals surface area contributed by atoms with Gasteiger partial charge in [-0.25, -0.2) is 4.79 Å². The van der Waals surface area contributed by atoms with Gasteiger partial charge in [0.2, 0.25) is 5.91 Å². The standard InChI is InChI=1S/C19H27NO5S2/c1-3-24-16(22)12-26-11-15(21)20-18-17(19(23)25-4-2)13-9-7-5-6-8-10-14(13)27-18/h3-12H2,1-2H3,(H,20,21). The molecule has 6 nitrogen and oxygen atoms in total. The summed E-state index contributed by atoms with van der Waals surface area (Å²) in [5, 5.41) is 3.43. The number of aryl methyl sites for hydroxylation is 1. The number of carbonyl (C=O) groups is 3. The highest BCUT2D eigenvalue weighted by Crippen LogP contribution is 2.37. The molecule has 8 heteroatoms. The monoisotopic (exact) mass is 413 g/mol. The van der Waals surface area contributed by atoms with Gasteiger partial charge >= 0.3 is 11.9 Å². The van der Waals surface area contributed by atoms with Gasteiger partial charge in [-0.15, -0.1) is 23.1 Å². The first-order chi connectivity index (χ1) is 13.1. The third kappa shape index (κ3) is 6.53. The summed E-state index contributed by atoms with van der Waals surface area (Å²) in [5.41, 5.74) is 1.55. The highest BCUT2D eigenvalue weighted by molar-refractivity contribution is 8.00. The lowest BCUT2D eigenvalue weighted by Crippen LogP contribution is -2.18. The molecule has 27 heavy (non-hydrogen) atoms. The van der Waals surface area contributed by atoms with Crippen LogP contribution in [0.4, 0.5) is 5.00 Å². The van der Waals surface area contributed by atoms with Crippen molar-refractivity contribution in [2.45, 2.75) is 52.4 Å². The predicted octanol–water partition coefficient (Wildman–Crippen LogP) is 3.82. The second-order valence-corrected chi connectivity index (χ2v) is 8.28. The van der Waals surface area contributed by atoms with Crippen molar-refractivity contribution in [3.63, 3.8) is 0 Å². The normalized spacial score (nSPS) is 13.9. The number of thioether (sulfide) groups is 1. The average Bonchev–Trinajstić information content (AvgIpc) is 2.91. The van der Waals surface area contributed by atoms with Crippen LogP contribution < -0.4 is 5.32 Å². The zero-order chi connectivity index (χ0) is 19.6. The second kappa shape index (κ2) is 11.3. The third-order valence-electron chi connectivity index (χ3n) is 4.16. The van der Waals surface area contributed by atoms with Crippen molar-refractivity contribution >= 4 is 45.9 Å². The smallest absolute Gasteiger partial charge is 0.341 e. The molecule has 1 amide bonds. The summed E-state index contributed by atoms with van der Waals surface area (Å²) in [6.07, 6.45) is 6.26. The van der Waals surface area contributed by atoms with Crippen LogP contribution >= 0.6 is 23.1 Å². The Kier molecular flexibility index (Phi) is 9.14. The van der Waals surface area contributed by atoms with Crippen LogP contribution in [0, 0.1) is 0 Å². The van der Waals surface area contributed by atoms with Gasteiger partial charge in [-0.3, -0.25) is 9.59 Å². The van der Waals surface area contributed by atoms with Crippen molar-refractivity contribution in [1.29, 1.82) is 0 Å².